The second-order valence-electron chi connectivity index (χ2n) is 5.11. The van der Waals surface area contributed by atoms with Gasteiger partial charge in [-0.2, -0.15) is 8.78 Å². The van der Waals surface area contributed by atoms with E-state index in [1.165, 1.54) is 6.07 Å². The molecule has 7 heteroatoms. The van der Waals surface area contributed by atoms with Crippen LogP contribution in [0.25, 0.3) is 0 Å². The number of fused-ring (bicyclic) bond motifs is 1. The lowest BCUT2D eigenvalue weighted by Gasteiger charge is -2.28. The summed E-state index contributed by atoms with van der Waals surface area (Å²) in [6.45, 7) is -0.888. The third-order valence-electron chi connectivity index (χ3n) is 3.56. The van der Waals surface area contributed by atoms with Crippen molar-refractivity contribution in [1.82, 2.24) is 5.32 Å². The number of alkyl halides is 2. The molecule has 1 aliphatic rings. The first-order chi connectivity index (χ1) is 11.6. The molecule has 1 amide bonds. The van der Waals surface area contributed by atoms with E-state index in [-0.39, 0.29) is 17.4 Å². The Morgan fingerprint density at radius 2 is 1.92 bits per heavy atom. The largest absolute Gasteiger partial charge is 0.490 e. The van der Waals surface area contributed by atoms with Gasteiger partial charge >= 0.3 is 6.61 Å². The Balaban J connectivity index is 1.90. The van der Waals surface area contributed by atoms with Crippen LogP contribution in [0.4, 0.5) is 14.5 Å². The minimum absolute atomic E-state index is 0.0434. The Morgan fingerprint density at radius 3 is 2.67 bits per heavy atom. The Morgan fingerprint density at radius 1 is 1.12 bits per heavy atom. The summed E-state index contributed by atoms with van der Waals surface area (Å²) >= 11 is 0. The Kier molecular flexibility index (Phi) is 4.50. The zero-order valence-electron chi connectivity index (χ0n) is 12.9. The van der Waals surface area contributed by atoms with Crippen LogP contribution in [0, 0.1) is 0 Å². The van der Waals surface area contributed by atoms with Crippen molar-refractivity contribution in [3.05, 3.63) is 53.6 Å². The van der Waals surface area contributed by atoms with E-state index in [9.17, 15) is 13.6 Å². The lowest BCUT2D eigenvalue weighted by Crippen LogP contribution is -2.38. The van der Waals surface area contributed by atoms with Gasteiger partial charge in [-0.1, -0.05) is 18.2 Å². The van der Waals surface area contributed by atoms with E-state index in [1.807, 2.05) is 6.07 Å². The maximum atomic E-state index is 12.5. The van der Waals surface area contributed by atoms with Crippen LogP contribution in [-0.2, 0) is 0 Å². The number of nitrogens with one attached hydrogen (secondary N) is 2. The fraction of sp³-hybridized carbons (Fsp3) is 0.235. The highest BCUT2D eigenvalue weighted by Crippen LogP contribution is 2.33. The van der Waals surface area contributed by atoms with Crippen molar-refractivity contribution >= 4 is 11.6 Å². The lowest BCUT2D eigenvalue weighted by molar-refractivity contribution is -0.0514. The molecule has 0 bridgehead atoms. The summed E-state index contributed by atoms with van der Waals surface area (Å²) in [5, 5.41) is 6.02. The standard InChI is InChI=1S/C17H16F2N2O3/c1-2-23-14-9-10(7-8-13(14)24-17(18)19)15-20-12-6-4-3-5-11(12)16(22)21-15/h3-9,15,17,20H,2H2,1H3,(H,21,22)/t15-/m1/s1. The molecule has 3 rings (SSSR count). The van der Waals surface area contributed by atoms with Gasteiger partial charge in [0.25, 0.3) is 5.91 Å². The molecular weight excluding hydrogens is 318 g/mol. The molecule has 0 radical (unpaired) electrons. The van der Waals surface area contributed by atoms with E-state index in [0.29, 0.717) is 23.4 Å². The first-order valence-electron chi connectivity index (χ1n) is 7.46. The molecule has 0 saturated carbocycles. The number of ether oxygens (including phenoxy) is 2. The summed E-state index contributed by atoms with van der Waals surface area (Å²) in [7, 11) is 0. The van der Waals surface area contributed by atoms with Crippen molar-refractivity contribution in [3.8, 4) is 11.5 Å². The van der Waals surface area contributed by atoms with Crippen LogP contribution in [-0.4, -0.2) is 19.1 Å². The molecule has 0 spiro atoms. The van der Waals surface area contributed by atoms with E-state index in [0.717, 1.165) is 0 Å². The number of hydrogen-bond acceptors (Lipinski definition) is 4. The highest BCUT2D eigenvalue weighted by Gasteiger charge is 2.25. The van der Waals surface area contributed by atoms with Gasteiger partial charge in [-0.3, -0.25) is 4.79 Å². The summed E-state index contributed by atoms with van der Waals surface area (Å²) < 4.78 is 34.7. The maximum Gasteiger partial charge on any atom is 0.387 e. The number of benzene rings is 2. The number of anilines is 1. The Labute approximate surface area is 137 Å². The molecule has 1 heterocycles. The van der Waals surface area contributed by atoms with Gasteiger partial charge in [-0.15, -0.1) is 0 Å². The molecule has 0 unspecified atom stereocenters. The molecule has 0 aliphatic carbocycles. The first kappa shape index (κ1) is 16.0. The average Bonchev–Trinajstić information content (AvgIpc) is 2.56. The molecule has 1 aliphatic heterocycles. The number of carbonyl (C=O) groups is 1. The highest BCUT2D eigenvalue weighted by molar-refractivity contribution is 6.01. The summed E-state index contributed by atoms with van der Waals surface area (Å²) in [6, 6.07) is 11.7. The number of hydrogen-bond donors (Lipinski definition) is 2. The fourth-order valence-corrected chi connectivity index (χ4v) is 2.54. The number of para-hydroxylation sites is 1. The minimum Gasteiger partial charge on any atom is -0.490 e. The third-order valence-corrected chi connectivity index (χ3v) is 3.56. The summed E-state index contributed by atoms with van der Waals surface area (Å²) in [5.74, 6) is -0.0523. The molecule has 2 aromatic carbocycles. The molecule has 2 N–H and O–H groups in total. The number of rotatable bonds is 5. The van der Waals surface area contributed by atoms with Crippen molar-refractivity contribution in [1.29, 1.82) is 0 Å². The predicted molar refractivity (Wildman–Crippen MR) is 84.5 cm³/mol. The van der Waals surface area contributed by atoms with Crippen LogP contribution < -0.4 is 20.1 Å². The molecule has 126 valence electrons. The monoisotopic (exact) mass is 334 g/mol. The van der Waals surface area contributed by atoms with Gasteiger partial charge < -0.3 is 20.1 Å². The Hall–Kier alpha value is -2.83. The molecule has 1 atom stereocenters. The minimum atomic E-state index is -2.94. The summed E-state index contributed by atoms with van der Waals surface area (Å²) in [5.41, 5.74) is 1.93. The van der Waals surface area contributed by atoms with Gasteiger partial charge in [0, 0.05) is 5.69 Å². The summed E-state index contributed by atoms with van der Waals surface area (Å²) in [4.78, 5) is 12.2. The molecule has 5 nitrogen and oxygen atoms in total. The van der Waals surface area contributed by atoms with E-state index >= 15 is 0 Å². The smallest absolute Gasteiger partial charge is 0.387 e. The van der Waals surface area contributed by atoms with Crippen molar-refractivity contribution < 1.29 is 23.0 Å². The molecule has 0 fully saturated rings. The normalized spacial score (nSPS) is 16.2. The Bertz CT molecular complexity index is 752. The van der Waals surface area contributed by atoms with Crippen molar-refractivity contribution in [2.24, 2.45) is 0 Å². The van der Waals surface area contributed by atoms with Crippen LogP contribution in [0.1, 0.15) is 29.0 Å². The molecule has 2 aromatic rings. The second-order valence-corrected chi connectivity index (χ2v) is 5.11. The van der Waals surface area contributed by atoms with E-state index < -0.39 is 12.8 Å². The van der Waals surface area contributed by atoms with Crippen LogP contribution in [0.3, 0.4) is 0 Å². The van der Waals surface area contributed by atoms with E-state index in [1.54, 1.807) is 37.3 Å². The lowest BCUT2D eigenvalue weighted by atomic mass is 10.1. The maximum absolute atomic E-state index is 12.5. The van der Waals surface area contributed by atoms with Gasteiger partial charge in [-0.05, 0) is 36.8 Å². The number of carbonyl (C=O) groups excluding carboxylic acids is 1. The molecule has 24 heavy (non-hydrogen) atoms. The van der Waals surface area contributed by atoms with Crippen LogP contribution in [0.5, 0.6) is 11.5 Å². The molecular formula is C17H16F2N2O3. The van der Waals surface area contributed by atoms with Crippen molar-refractivity contribution in [3.63, 3.8) is 0 Å². The third kappa shape index (κ3) is 3.24. The van der Waals surface area contributed by atoms with Crippen LogP contribution in [0.2, 0.25) is 0 Å². The van der Waals surface area contributed by atoms with Crippen LogP contribution >= 0.6 is 0 Å². The van der Waals surface area contributed by atoms with Gasteiger partial charge in [-0.25, -0.2) is 0 Å². The zero-order valence-corrected chi connectivity index (χ0v) is 12.9. The van der Waals surface area contributed by atoms with E-state index in [2.05, 4.69) is 15.4 Å². The number of amides is 1. The van der Waals surface area contributed by atoms with Gasteiger partial charge in [0.2, 0.25) is 0 Å². The predicted octanol–water partition coefficient (Wildman–Crippen LogP) is 3.54. The van der Waals surface area contributed by atoms with Gasteiger partial charge in [0.1, 0.15) is 6.17 Å². The summed E-state index contributed by atoms with van der Waals surface area (Å²) in [6.07, 6.45) is -0.493. The average molecular weight is 334 g/mol. The highest BCUT2D eigenvalue weighted by atomic mass is 19.3. The van der Waals surface area contributed by atoms with Crippen molar-refractivity contribution in [2.45, 2.75) is 19.7 Å². The second kappa shape index (κ2) is 6.74. The van der Waals surface area contributed by atoms with Gasteiger partial charge in [0.15, 0.2) is 11.5 Å². The first-order valence-corrected chi connectivity index (χ1v) is 7.46. The molecule has 0 saturated heterocycles. The molecule has 0 aromatic heterocycles. The van der Waals surface area contributed by atoms with Gasteiger partial charge in [0.05, 0.1) is 12.2 Å². The topological polar surface area (TPSA) is 59.6 Å². The van der Waals surface area contributed by atoms with Crippen LogP contribution in [0.15, 0.2) is 42.5 Å². The zero-order chi connectivity index (χ0) is 17.1. The quantitative estimate of drug-likeness (QED) is 0.878. The fourth-order valence-electron chi connectivity index (χ4n) is 2.54. The SMILES string of the molecule is CCOc1cc([C@H]2NC(=O)c3ccccc3N2)ccc1OC(F)F. The number of halogens is 2. The van der Waals surface area contributed by atoms with E-state index in [4.69, 9.17) is 4.74 Å². The van der Waals surface area contributed by atoms with Crippen molar-refractivity contribution in [2.75, 3.05) is 11.9 Å².